The fourth-order valence-electron chi connectivity index (χ4n) is 1.94. The predicted molar refractivity (Wildman–Crippen MR) is 79.7 cm³/mol. The Bertz CT molecular complexity index is 425. The quantitative estimate of drug-likeness (QED) is 0.763. The van der Waals surface area contributed by atoms with Gasteiger partial charge in [-0.2, -0.15) is 0 Å². The molecule has 0 spiro atoms. The van der Waals surface area contributed by atoms with Crippen LogP contribution in [-0.2, 0) is 11.2 Å². The van der Waals surface area contributed by atoms with Crippen LogP contribution in [0.4, 0.5) is 0 Å². The normalized spacial score (nSPS) is 15.7. The van der Waals surface area contributed by atoms with Crippen LogP contribution in [0, 0.1) is 0 Å². The molecule has 0 saturated heterocycles. The number of nitrogens with two attached hydrogens (primary N) is 1. The summed E-state index contributed by atoms with van der Waals surface area (Å²) < 4.78 is 5.57. The summed E-state index contributed by atoms with van der Waals surface area (Å²) in [4.78, 5) is 11.5. The van der Waals surface area contributed by atoms with Gasteiger partial charge in [0.2, 0.25) is 5.91 Å². The molecule has 4 heteroatoms. The summed E-state index contributed by atoms with van der Waals surface area (Å²) in [6.07, 6.45) is 4.64. The van der Waals surface area contributed by atoms with E-state index in [1.807, 2.05) is 19.1 Å². The smallest absolute Gasteiger partial charge is 0.223 e. The van der Waals surface area contributed by atoms with Gasteiger partial charge in [-0.15, -0.1) is 0 Å². The monoisotopic (exact) mass is 276 g/mol. The number of amides is 1. The minimum Gasteiger partial charge on any atom is -0.493 e. The minimum atomic E-state index is 0.0843. The molecule has 2 rings (SSSR count). The second-order valence-electron chi connectivity index (χ2n) is 5.60. The van der Waals surface area contributed by atoms with Gasteiger partial charge in [0.05, 0.1) is 13.0 Å². The first-order chi connectivity index (χ1) is 9.63. The maximum Gasteiger partial charge on any atom is 0.223 e. The van der Waals surface area contributed by atoms with Gasteiger partial charge in [-0.1, -0.05) is 12.1 Å². The average molecular weight is 276 g/mol. The molecule has 3 N–H and O–H groups in total. The van der Waals surface area contributed by atoms with Crippen LogP contribution in [0.2, 0.25) is 0 Å². The molecule has 0 radical (unpaired) electrons. The van der Waals surface area contributed by atoms with Crippen LogP contribution in [0.25, 0.3) is 0 Å². The number of benzene rings is 1. The Hall–Kier alpha value is -1.55. The van der Waals surface area contributed by atoms with Gasteiger partial charge in [-0.05, 0) is 50.3 Å². The summed E-state index contributed by atoms with van der Waals surface area (Å²) in [6.45, 7) is 2.45. The van der Waals surface area contributed by atoms with Crippen molar-refractivity contribution in [3.8, 4) is 5.75 Å². The average Bonchev–Trinajstić information content (AvgIpc) is 3.21. The van der Waals surface area contributed by atoms with Crippen molar-refractivity contribution in [3.63, 3.8) is 0 Å². The summed E-state index contributed by atoms with van der Waals surface area (Å²) in [5.41, 5.74) is 7.01. The van der Waals surface area contributed by atoms with Crippen LogP contribution in [0.15, 0.2) is 24.3 Å². The number of carbonyl (C=O) groups is 1. The molecule has 0 aromatic heterocycles. The van der Waals surface area contributed by atoms with Crippen molar-refractivity contribution < 1.29 is 9.53 Å². The molecular formula is C16H24N2O2. The van der Waals surface area contributed by atoms with Crippen molar-refractivity contribution >= 4 is 5.91 Å². The van der Waals surface area contributed by atoms with Crippen molar-refractivity contribution in [2.75, 3.05) is 6.61 Å². The van der Waals surface area contributed by atoms with Crippen LogP contribution in [0.5, 0.6) is 5.75 Å². The number of hydrogen-bond donors (Lipinski definition) is 2. The summed E-state index contributed by atoms with van der Waals surface area (Å²) in [5.74, 6) is 0.898. The third kappa shape index (κ3) is 5.61. The highest BCUT2D eigenvalue weighted by molar-refractivity contribution is 5.76. The topological polar surface area (TPSA) is 64.3 Å². The van der Waals surface area contributed by atoms with Gasteiger partial charge in [0.1, 0.15) is 5.75 Å². The highest BCUT2D eigenvalue weighted by Gasteiger charge is 2.22. The maximum atomic E-state index is 11.5. The van der Waals surface area contributed by atoms with E-state index in [0.717, 1.165) is 31.4 Å². The van der Waals surface area contributed by atoms with E-state index in [4.69, 9.17) is 10.5 Å². The number of rotatable bonds is 8. The van der Waals surface area contributed by atoms with E-state index in [0.29, 0.717) is 19.1 Å². The molecule has 20 heavy (non-hydrogen) atoms. The lowest BCUT2D eigenvalue weighted by Gasteiger charge is -2.08. The van der Waals surface area contributed by atoms with E-state index in [9.17, 15) is 4.79 Å². The number of hydrogen-bond acceptors (Lipinski definition) is 3. The lowest BCUT2D eigenvalue weighted by Crippen LogP contribution is -2.26. The van der Waals surface area contributed by atoms with Crippen molar-refractivity contribution in [2.45, 2.75) is 51.1 Å². The highest BCUT2D eigenvalue weighted by atomic mass is 16.5. The van der Waals surface area contributed by atoms with Crippen LogP contribution in [-0.4, -0.2) is 24.6 Å². The third-order valence-electron chi connectivity index (χ3n) is 3.35. The summed E-state index contributed by atoms with van der Waals surface area (Å²) >= 11 is 0. The molecule has 1 amide bonds. The molecule has 110 valence electrons. The van der Waals surface area contributed by atoms with E-state index in [2.05, 4.69) is 17.4 Å². The van der Waals surface area contributed by atoms with Crippen molar-refractivity contribution in [1.29, 1.82) is 0 Å². The summed E-state index contributed by atoms with van der Waals surface area (Å²) in [6, 6.07) is 8.68. The third-order valence-corrected chi connectivity index (χ3v) is 3.35. The van der Waals surface area contributed by atoms with Crippen molar-refractivity contribution in [1.82, 2.24) is 5.32 Å². The zero-order chi connectivity index (χ0) is 14.4. The standard InChI is InChI=1S/C16H24N2O2/c1-12(17)2-3-13-4-8-15(9-5-13)20-11-10-16(19)18-14-6-7-14/h4-5,8-9,12,14H,2-3,6-7,10-11,17H2,1H3,(H,18,19). The fraction of sp³-hybridized carbons (Fsp3) is 0.562. The molecular weight excluding hydrogens is 252 g/mol. The van der Waals surface area contributed by atoms with Gasteiger partial charge in [0.15, 0.2) is 0 Å². The molecule has 1 atom stereocenters. The Balaban J connectivity index is 1.66. The summed E-state index contributed by atoms with van der Waals surface area (Å²) in [5, 5.41) is 2.95. The highest BCUT2D eigenvalue weighted by Crippen LogP contribution is 2.18. The molecule has 0 aliphatic heterocycles. The molecule has 1 unspecified atom stereocenters. The van der Waals surface area contributed by atoms with E-state index in [1.54, 1.807) is 0 Å². The molecule has 1 aliphatic rings. The zero-order valence-corrected chi connectivity index (χ0v) is 12.1. The van der Waals surface area contributed by atoms with Gasteiger partial charge >= 0.3 is 0 Å². The van der Waals surface area contributed by atoms with Crippen LogP contribution in [0.3, 0.4) is 0 Å². The second kappa shape index (κ2) is 7.29. The Morgan fingerprint density at radius 2 is 2.10 bits per heavy atom. The van der Waals surface area contributed by atoms with Crippen molar-refractivity contribution in [2.24, 2.45) is 5.73 Å². The van der Waals surface area contributed by atoms with Crippen LogP contribution < -0.4 is 15.8 Å². The van der Waals surface area contributed by atoms with E-state index >= 15 is 0 Å². The molecule has 1 aromatic rings. The lowest BCUT2D eigenvalue weighted by molar-refractivity contribution is -0.121. The molecule has 1 aliphatic carbocycles. The van der Waals surface area contributed by atoms with Gasteiger partial charge in [0, 0.05) is 12.1 Å². The van der Waals surface area contributed by atoms with Gasteiger partial charge in [0.25, 0.3) is 0 Å². The molecule has 1 saturated carbocycles. The molecule has 1 aromatic carbocycles. The zero-order valence-electron chi connectivity index (χ0n) is 12.1. The predicted octanol–water partition coefficient (Wildman–Crippen LogP) is 2.01. The van der Waals surface area contributed by atoms with Crippen molar-refractivity contribution in [3.05, 3.63) is 29.8 Å². The first-order valence-electron chi connectivity index (χ1n) is 7.40. The molecule has 4 nitrogen and oxygen atoms in total. The molecule has 0 bridgehead atoms. The molecule has 1 fully saturated rings. The van der Waals surface area contributed by atoms with Gasteiger partial charge in [-0.3, -0.25) is 4.79 Å². The number of ether oxygens (including phenoxy) is 1. The van der Waals surface area contributed by atoms with Crippen LogP contribution >= 0.6 is 0 Å². The number of aryl methyl sites for hydroxylation is 1. The molecule has 0 heterocycles. The number of carbonyl (C=O) groups excluding carboxylic acids is 1. The first-order valence-corrected chi connectivity index (χ1v) is 7.40. The second-order valence-corrected chi connectivity index (χ2v) is 5.60. The van der Waals surface area contributed by atoms with E-state index in [-0.39, 0.29) is 11.9 Å². The van der Waals surface area contributed by atoms with Gasteiger partial charge < -0.3 is 15.8 Å². The van der Waals surface area contributed by atoms with E-state index in [1.165, 1.54) is 5.56 Å². The number of nitrogens with one attached hydrogen (secondary N) is 1. The SMILES string of the molecule is CC(N)CCc1ccc(OCCC(=O)NC2CC2)cc1. The Morgan fingerprint density at radius 3 is 2.70 bits per heavy atom. The fourth-order valence-corrected chi connectivity index (χ4v) is 1.94. The van der Waals surface area contributed by atoms with Gasteiger partial charge in [-0.25, -0.2) is 0 Å². The summed E-state index contributed by atoms with van der Waals surface area (Å²) in [7, 11) is 0. The Labute approximate surface area is 120 Å². The lowest BCUT2D eigenvalue weighted by atomic mass is 10.1. The van der Waals surface area contributed by atoms with Crippen LogP contribution in [0.1, 0.15) is 38.2 Å². The minimum absolute atomic E-state index is 0.0843. The Kier molecular flexibility index (Phi) is 5.41. The van der Waals surface area contributed by atoms with E-state index < -0.39 is 0 Å². The maximum absolute atomic E-state index is 11.5. The Morgan fingerprint density at radius 1 is 1.40 bits per heavy atom. The first kappa shape index (κ1) is 14.9. The largest absolute Gasteiger partial charge is 0.493 e.